The fourth-order valence-corrected chi connectivity index (χ4v) is 2.80. The van der Waals surface area contributed by atoms with Crippen molar-refractivity contribution in [3.8, 4) is 0 Å². The molecule has 2 rings (SSSR count). The van der Waals surface area contributed by atoms with Crippen LogP contribution in [-0.4, -0.2) is 25.5 Å². The summed E-state index contributed by atoms with van der Waals surface area (Å²) in [5.41, 5.74) is 8.54. The highest BCUT2D eigenvalue weighted by atomic mass is 16.1. The fraction of sp³-hybridized carbons (Fsp3) is 0.562. The number of rotatable bonds is 4. The van der Waals surface area contributed by atoms with Gasteiger partial charge in [-0.2, -0.15) is 0 Å². The van der Waals surface area contributed by atoms with Crippen LogP contribution in [0.3, 0.4) is 0 Å². The minimum absolute atomic E-state index is 0.0304. The second kappa shape index (κ2) is 6.64. The van der Waals surface area contributed by atoms with Crippen molar-refractivity contribution in [1.82, 2.24) is 5.32 Å². The van der Waals surface area contributed by atoms with Crippen molar-refractivity contribution in [2.45, 2.75) is 33.1 Å². The Morgan fingerprint density at radius 1 is 1.35 bits per heavy atom. The third kappa shape index (κ3) is 3.24. The molecule has 0 bridgehead atoms. The normalized spacial score (nSPS) is 16.2. The molecule has 0 radical (unpaired) electrons. The summed E-state index contributed by atoms with van der Waals surface area (Å²) in [7, 11) is 0. The highest BCUT2D eigenvalue weighted by Crippen LogP contribution is 2.30. The number of hydrogen-bond donors (Lipinski definition) is 2. The molecule has 1 aromatic carbocycles. The van der Waals surface area contributed by atoms with Crippen molar-refractivity contribution < 1.29 is 4.79 Å². The Kier molecular flexibility index (Phi) is 4.88. The van der Waals surface area contributed by atoms with Gasteiger partial charge in [-0.15, -0.1) is 0 Å². The number of carbonyl (C=O) groups excluding carboxylic acids is 1. The summed E-state index contributed by atoms with van der Waals surface area (Å²) in [5.74, 6) is 0.802. The Morgan fingerprint density at radius 2 is 2.05 bits per heavy atom. The third-order valence-corrected chi connectivity index (χ3v) is 4.16. The van der Waals surface area contributed by atoms with Crippen molar-refractivity contribution in [2.75, 3.05) is 30.3 Å². The number of piperidine rings is 1. The zero-order valence-electron chi connectivity index (χ0n) is 12.5. The van der Waals surface area contributed by atoms with Crippen molar-refractivity contribution >= 4 is 17.3 Å². The minimum atomic E-state index is -0.0304. The van der Waals surface area contributed by atoms with Crippen LogP contribution in [-0.2, 0) is 0 Å². The number of anilines is 2. The molecule has 1 heterocycles. The fourth-order valence-electron chi connectivity index (χ4n) is 2.80. The van der Waals surface area contributed by atoms with E-state index in [-0.39, 0.29) is 5.91 Å². The zero-order valence-corrected chi connectivity index (χ0v) is 12.5. The van der Waals surface area contributed by atoms with Gasteiger partial charge in [-0.05, 0) is 43.9 Å². The standard InChI is InChI=1S/C16H25N3O/c1-3-12-7-9-19(10-8-12)15-11-13(5-6-14(15)17)16(20)18-4-2/h5-6,11-12H,3-4,7-10,17H2,1-2H3,(H,18,20). The van der Waals surface area contributed by atoms with Crippen LogP contribution in [0.2, 0.25) is 0 Å². The number of carbonyl (C=O) groups is 1. The molecule has 1 aliphatic rings. The lowest BCUT2D eigenvalue weighted by atomic mass is 9.94. The van der Waals surface area contributed by atoms with Crippen LogP contribution in [0, 0.1) is 5.92 Å². The van der Waals surface area contributed by atoms with Crippen LogP contribution in [0.1, 0.15) is 43.5 Å². The molecule has 0 atom stereocenters. The summed E-state index contributed by atoms with van der Waals surface area (Å²) in [6, 6.07) is 5.56. The number of amides is 1. The SMILES string of the molecule is CCNC(=O)c1ccc(N)c(N2CCC(CC)CC2)c1. The molecular formula is C16H25N3O. The van der Waals surface area contributed by atoms with E-state index in [1.54, 1.807) is 6.07 Å². The number of nitrogens with one attached hydrogen (secondary N) is 1. The van der Waals surface area contributed by atoms with Crippen LogP contribution < -0.4 is 16.0 Å². The molecule has 0 spiro atoms. The number of benzene rings is 1. The third-order valence-electron chi connectivity index (χ3n) is 4.16. The number of nitrogen functional groups attached to an aromatic ring is 1. The summed E-state index contributed by atoms with van der Waals surface area (Å²) in [6.45, 7) is 6.87. The van der Waals surface area contributed by atoms with E-state index >= 15 is 0 Å². The maximum Gasteiger partial charge on any atom is 0.251 e. The molecule has 0 aromatic heterocycles. The molecule has 20 heavy (non-hydrogen) atoms. The molecule has 1 aromatic rings. The van der Waals surface area contributed by atoms with E-state index in [2.05, 4.69) is 17.1 Å². The largest absolute Gasteiger partial charge is 0.397 e. The van der Waals surface area contributed by atoms with Gasteiger partial charge >= 0.3 is 0 Å². The Balaban J connectivity index is 2.15. The van der Waals surface area contributed by atoms with Gasteiger partial charge in [-0.3, -0.25) is 4.79 Å². The predicted octanol–water partition coefficient (Wildman–Crippen LogP) is 2.64. The molecule has 1 fully saturated rings. The van der Waals surface area contributed by atoms with Gasteiger partial charge in [0.15, 0.2) is 0 Å². The highest BCUT2D eigenvalue weighted by Gasteiger charge is 2.20. The first-order valence-corrected chi connectivity index (χ1v) is 7.58. The lowest BCUT2D eigenvalue weighted by Gasteiger charge is -2.34. The smallest absolute Gasteiger partial charge is 0.251 e. The van der Waals surface area contributed by atoms with E-state index in [9.17, 15) is 4.79 Å². The zero-order chi connectivity index (χ0) is 14.5. The summed E-state index contributed by atoms with van der Waals surface area (Å²) in [5, 5.41) is 2.83. The van der Waals surface area contributed by atoms with Gasteiger partial charge < -0.3 is 16.0 Å². The topological polar surface area (TPSA) is 58.4 Å². The first kappa shape index (κ1) is 14.7. The molecule has 4 nitrogen and oxygen atoms in total. The first-order chi connectivity index (χ1) is 9.65. The molecule has 0 unspecified atom stereocenters. The average Bonchev–Trinajstić information content (AvgIpc) is 2.48. The van der Waals surface area contributed by atoms with E-state index in [1.165, 1.54) is 19.3 Å². The Morgan fingerprint density at radius 3 is 2.65 bits per heavy atom. The average molecular weight is 275 g/mol. The van der Waals surface area contributed by atoms with Crippen molar-refractivity contribution in [1.29, 1.82) is 0 Å². The van der Waals surface area contributed by atoms with Gasteiger partial charge in [0.1, 0.15) is 0 Å². The molecule has 0 aliphatic carbocycles. The van der Waals surface area contributed by atoms with Crippen LogP contribution in [0.15, 0.2) is 18.2 Å². The molecule has 1 amide bonds. The van der Waals surface area contributed by atoms with Gasteiger partial charge in [0.05, 0.1) is 11.4 Å². The van der Waals surface area contributed by atoms with Crippen molar-refractivity contribution in [3.63, 3.8) is 0 Å². The van der Waals surface area contributed by atoms with Crippen LogP contribution in [0.4, 0.5) is 11.4 Å². The van der Waals surface area contributed by atoms with Crippen LogP contribution in [0.25, 0.3) is 0 Å². The first-order valence-electron chi connectivity index (χ1n) is 7.58. The van der Waals surface area contributed by atoms with Crippen LogP contribution in [0.5, 0.6) is 0 Å². The summed E-state index contributed by atoms with van der Waals surface area (Å²) < 4.78 is 0. The van der Waals surface area contributed by atoms with E-state index < -0.39 is 0 Å². The molecule has 1 aliphatic heterocycles. The summed E-state index contributed by atoms with van der Waals surface area (Å²) >= 11 is 0. The second-order valence-electron chi connectivity index (χ2n) is 5.47. The lowest BCUT2D eigenvalue weighted by Crippen LogP contribution is -2.34. The van der Waals surface area contributed by atoms with Gasteiger partial charge in [0.25, 0.3) is 5.91 Å². The lowest BCUT2D eigenvalue weighted by molar-refractivity contribution is 0.0956. The maximum atomic E-state index is 11.9. The molecule has 110 valence electrons. The minimum Gasteiger partial charge on any atom is -0.397 e. The van der Waals surface area contributed by atoms with Gasteiger partial charge in [0.2, 0.25) is 0 Å². The number of hydrogen-bond acceptors (Lipinski definition) is 3. The molecular weight excluding hydrogens is 250 g/mol. The van der Waals surface area contributed by atoms with E-state index in [1.807, 2.05) is 19.1 Å². The Labute approximate surface area is 121 Å². The van der Waals surface area contributed by atoms with Gasteiger partial charge in [-0.1, -0.05) is 13.3 Å². The van der Waals surface area contributed by atoms with E-state index in [0.717, 1.165) is 30.4 Å². The van der Waals surface area contributed by atoms with Gasteiger partial charge in [0, 0.05) is 25.2 Å². The monoisotopic (exact) mass is 275 g/mol. The molecule has 1 saturated heterocycles. The van der Waals surface area contributed by atoms with Crippen molar-refractivity contribution in [2.24, 2.45) is 5.92 Å². The molecule has 3 N–H and O–H groups in total. The number of nitrogens with zero attached hydrogens (tertiary/aromatic N) is 1. The Bertz CT molecular complexity index is 465. The Hall–Kier alpha value is -1.71. The summed E-state index contributed by atoms with van der Waals surface area (Å²) in [4.78, 5) is 14.2. The van der Waals surface area contributed by atoms with Gasteiger partial charge in [-0.25, -0.2) is 0 Å². The second-order valence-corrected chi connectivity index (χ2v) is 5.47. The quantitative estimate of drug-likeness (QED) is 0.831. The molecule has 4 heteroatoms. The van der Waals surface area contributed by atoms with Crippen molar-refractivity contribution in [3.05, 3.63) is 23.8 Å². The van der Waals surface area contributed by atoms with E-state index in [0.29, 0.717) is 12.1 Å². The maximum absolute atomic E-state index is 11.9. The molecule has 0 saturated carbocycles. The summed E-state index contributed by atoms with van der Waals surface area (Å²) in [6.07, 6.45) is 3.67. The number of nitrogens with two attached hydrogens (primary N) is 1. The predicted molar refractivity (Wildman–Crippen MR) is 84.1 cm³/mol. The highest BCUT2D eigenvalue weighted by molar-refractivity contribution is 5.96. The van der Waals surface area contributed by atoms with E-state index in [4.69, 9.17) is 5.73 Å². The van der Waals surface area contributed by atoms with Crippen LogP contribution >= 0.6 is 0 Å².